The maximum absolute atomic E-state index is 14.6. The summed E-state index contributed by atoms with van der Waals surface area (Å²) in [7, 11) is 2.75. The minimum Gasteiger partial charge on any atom is -0.467 e. The van der Waals surface area contributed by atoms with Gasteiger partial charge in [-0.1, -0.05) is 0 Å². The summed E-state index contributed by atoms with van der Waals surface area (Å²) in [6.45, 7) is 1.74. The molecule has 12 heteroatoms. The number of carbonyl (C=O) groups is 2. The Bertz CT molecular complexity index is 905. The number of aromatic nitrogens is 3. The van der Waals surface area contributed by atoms with Crippen LogP contribution in [-0.4, -0.2) is 60.4 Å². The van der Waals surface area contributed by atoms with Gasteiger partial charge in [-0.25, -0.2) is 9.18 Å². The number of nitrogens with one attached hydrogen (secondary N) is 2. The smallest absolute Gasteiger partial charge is 0.414 e. The van der Waals surface area contributed by atoms with E-state index in [-0.39, 0.29) is 42.7 Å². The molecule has 1 aliphatic rings. The number of hydrogen-bond acceptors (Lipinski definition) is 9. The van der Waals surface area contributed by atoms with Crippen molar-refractivity contribution in [1.82, 2.24) is 20.3 Å². The van der Waals surface area contributed by atoms with Crippen LogP contribution in [0.4, 0.5) is 26.5 Å². The Morgan fingerprint density at radius 1 is 1.28 bits per heavy atom. The van der Waals surface area contributed by atoms with E-state index in [1.165, 1.54) is 38.2 Å². The van der Waals surface area contributed by atoms with Crippen LogP contribution >= 0.6 is 0 Å². The van der Waals surface area contributed by atoms with Gasteiger partial charge in [-0.3, -0.25) is 9.69 Å². The van der Waals surface area contributed by atoms with Crippen LogP contribution in [0.5, 0.6) is 12.0 Å². The first kappa shape index (κ1) is 20.0. The third kappa shape index (κ3) is 4.78. The van der Waals surface area contributed by atoms with Gasteiger partial charge in [0.15, 0.2) is 0 Å². The third-order valence-corrected chi connectivity index (χ3v) is 3.92. The number of halogens is 1. The van der Waals surface area contributed by atoms with Crippen LogP contribution in [0, 0.1) is 5.82 Å². The maximum atomic E-state index is 14.6. The molecule has 0 radical (unpaired) electrons. The number of cyclic esters (lactones) is 1. The molecule has 11 nitrogen and oxygen atoms in total. The van der Waals surface area contributed by atoms with Crippen LogP contribution in [0.25, 0.3) is 0 Å². The summed E-state index contributed by atoms with van der Waals surface area (Å²) < 4.78 is 29.7. The SMILES string of the molecule is COc1nc(Nc2ccc(N3C[C@@H](CNC(C)=O)OC3=O)cc2F)nc(OC)n1. The first-order valence-electron chi connectivity index (χ1n) is 8.52. The maximum Gasteiger partial charge on any atom is 0.414 e. The summed E-state index contributed by atoms with van der Waals surface area (Å²) >= 11 is 0. The fraction of sp³-hybridized carbons (Fsp3) is 0.353. The van der Waals surface area contributed by atoms with Crippen molar-refractivity contribution >= 4 is 29.3 Å². The van der Waals surface area contributed by atoms with Crippen LogP contribution in [0.3, 0.4) is 0 Å². The molecule has 1 aliphatic heterocycles. The Morgan fingerprint density at radius 3 is 2.55 bits per heavy atom. The van der Waals surface area contributed by atoms with Crippen molar-refractivity contribution < 1.29 is 28.2 Å². The van der Waals surface area contributed by atoms with Crippen LogP contribution in [0.15, 0.2) is 18.2 Å². The van der Waals surface area contributed by atoms with Gasteiger partial charge in [-0.05, 0) is 18.2 Å². The molecule has 0 spiro atoms. The predicted octanol–water partition coefficient (Wildman–Crippen LogP) is 1.23. The van der Waals surface area contributed by atoms with E-state index in [4.69, 9.17) is 14.2 Å². The van der Waals surface area contributed by atoms with E-state index in [1.54, 1.807) is 6.07 Å². The van der Waals surface area contributed by atoms with Gasteiger partial charge in [0.05, 0.1) is 38.7 Å². The average Bonchev–Trinajstić information content (AvgIpc) is 3.08. The van der Waals surface area contributed by atoms with E-state index in [9.17, 15) is 14.0 Å². The van der Waals surface area contributed by atoms with Gasteiger partial charge in [-0.15, -0.1) is 4.98 Å². The Labute approximate surface area is 165 Å². The lowest BCUT2D eigenvalue weighted by Crippen LogP contribution is -2.33. The summed E-state index contributed by atoms with van der Waals surface area (Å²) in [4.78, 5) is 36.1. The normalized spacial score (nSPS) is 15.7. The highest BCUT2D eigenvalue weighted by molar-refractivity contribution is 5.90. The summed E-state index contributed by atoms with van der Waals surface area (Å²) in [5, 5.41) is 5.29. The standard InChI is InChI=1S/C17H19FN6O5/c1-9(25)19-7-11-8-24(17(26)29-11)10-4-5-13(12(18)6-10)20-14-21-15(27-2)23-16(22-14)28-3/h4-6,11H,7-8H2,1-3H3,(H,19,25)(H,20,21,22,23)/t11-/m1/s1. The molecule has 0 saturated carbocycles. The summed E-state index contributed by atoms with van der Waals surface area (Å²) in [5.74, 6) is -0.845. The molecule has 1 atom stereocenters. The first-order chi connectivity index (χ1) is 13.9. The Morgan fingerprint density at radius 2 is 1.97 bits per heavy atom. The molecule has 0 bridgehead atoms. The zero-order valence-electron chi connectivity index (χ0n) is 15.9. The number of ether oxygens (including phenoxy) is 3. The molecule has 2 aromatic rings. The van der Waals surface area contributed by atoms with Crippen molar-refractivity contribution in [2.75, 3.05) is 37.5 Å². The quantitative estimate of drug-likeness (QED) is 0.698. The number of rotatable bonds is 7. The van der Waals surface area contributed by atoms with Crippen molar-refractivity contribution in [3.63, 3.8) is 0 Å². The molecule has 0 unspecified atom stereocenters. The fourth-order valence-electron chi connectivity index (χ4n) is 2.57. The zero-order chi connectivity index (χ0) is 21.0. The van der Waals surface area contributed by atoms with Crippen molar-refractivity contribution in [3.8, 4) is 12.0 Å². The molecule has 2 N–H and O–H groups in total. The van der Waals surface area contributed by atoms with Gasteiger partial charge in [0.1, 0.15) is 11.9 Å². The monoisotopic (exact) mass is 406 g/mol. The molecule has 2 heterocycles. The van der Waals surface area contributed by atoms with Gasteiger partial charge < -0.3 is 24.8 Å². The van der Waals surface area contributed by atoms with E-state index in [1.807, 2.05) is 0 Å². The Hall–Kier alpha value is -3.70. The number of methoxy groups -OCH3 is 2. The lowest BCUT2D eigenvalue weighted by Gasteiger charge is -2.15. The number of hydrogen-bond donors (Lipinski definition) is 2. The van der Waals surface area contributed by atoms with Crippen molar-refractivity contribution in [2.45, 2.75) is 13.0 Å². The molecule has 3 rings (SSSR count). The van der Waals surface area contributed by atoms with Crippen molar-refractivity contribution in [2.24, 2.45) is 0 Å². The number of benzene rings is 1. The minimum absolute atomic E-state index is 0.00130. The molecular weight excluding hydrogens is 387 g/mol. The molecule has 2 amide bonds. The van der Waals surface area contributed by atoms with Gasteiger partial charge in [0.25, 0.3) is 0 Å². The number of nitrogens with zero attached hydrogens (tertiary/aromatic N) is 4. The van der Waals surface area contributed by atoms with Crippen LogP contribution < -0.4 is 25.0 Å². The van der Waals surface area contributed by atoms with Gasteiger partial charge in [0.2, 0.25) is 11.9 Å². The van der Waals surface area contributed by atoms with Gasteiger partial charge >= 0.3 is 18.1 Å². The van der Waals surface area contributed by atoms with Gasteiger partial charge in [0, 0.05) is 6.92 Å². The van der Waals surface area contributed by atoms with E-state index >= 15 is 0 Å². The van der Waals surface area contributed by atoms with E-state index in [0.29, 0.717) is 5.69 Å². The van der Waals surface area contributed by atoms with Crippen LogP contribution in [-0.2, 0) is 9.53 Å². The van der Waals surface area contributed by atoms with E-state index in [0.717, 1.165) is 0 Å². The average molecular weight is 406 g/mol. The second kappa shape index (κ2) is 8.54. The molecule has 154 valence electrons. The zero-order valence-corrected chi connectivity index (χ0v) is 15.9. The topological polar surface area (TPSA) is 128 Å². The first-order valence-corrected chi connectivity index (χ1v) is 8.52. The van der Waals surface area contributed by atoms with Crippen molar-refractivity contribution in [3.05, 3.63) is 24.0 Å². The second-order valence-electron chi connectivity index (χ2n) is 5.98. The summed E-state index contributed by atoms with van der Waals surface area (Å²) in [6.07, 6.45) is -1.13. The Kier molecular flexibility index (Phi) is 5.90. The fourth-order valence-corrected chi connectivity index (χ4v) is 2.57. The lowest BCUT2D eigenvalue weighted by atomic mass is 10.2. The number of carbonyl (C=O) groups excluding carboxylic acids is 2. The number of amides is 2. The van der Waals surface area contributed by atoms with Crippen LogP contribution in [0.2, 0.25) is 0 Å². The highest BCUT2D eigenvalue weighted by atomic mass is 19.1. The Balaban J connectivity index is 1.74. The highest BCUT2D eigenvalue weighted by Gasteiger charge is 2.32. The summed E-state index contributed by atoms with van der Waals surface area (Å²) in [5.41, 5.74) is 0.389. The highest BCUT2D eigenvalue weighted by Crippen LogP contribution is 2.27. The number of anilines is 3. The largest absolute Gasteiger partial charge is 0.467 e. The lowest BCUT2D eigenvalue weighted by molar-refractivity contribution is -0.119. The summed E-state index contributed by atoms with van der Waals surface area (Å²) in [6, 6.07) is 4.16. The third-order valence-electron chi connectivity index (χ3n) is 3.92. The minimum atomic E-state index is -0.640. The van der Waals surface area contributed by atoms with Crippen LogP contribution in [0.1, 0.15) is 6.92 Å². The molecule has 29 heavy (non-hydrogen) atoms. The molecule has 1 aromatic carbocycles. The van der Waals surface area contributed by atoms with E-state index < -0.39 is 18.0 Å². The molecule has 1 fully saturated rings. The molecular formula is C17H19FN6O5. The predicted molar refractivity (Wildman–Crippen MR) is 98.9 cm³/mol. The van der Waals surface area contributed by atoms with Crippen molar-refractivity contribution in [1.29, 1.82) is 0 Å². The molecule has 0 aliphatic carbocycles. The van der Waals surface area contributed by atoms with Gasteiger partial charge in [-0.2, -0.15) is 9.97 Å². The molecule has 1 saturated heterocycles. The van der Waals surface area contributed by atoms with E-state index in [2.05, 4.69) is 25.6 Å². The second-order valence-corrected chi connectivity index (χ2v) is 5.98. The molecule has 1 aromatic heterocycles.